The van der Waals surface area contributed by atoms with E-state index in [1.54, 1.807) is 23.4 Å². The lowest BCUT2D eigenvalue weighted by molar-refractivity contribution is 0.207. The largest absolute Gasteiger partial charge is 0.483 e. The van der Waals surface area contributed by atoms with Gasteiger partial charge in [0.25, 0.3) is 0 Å². The van der Waals surface area contributed by atoms with Gasteiger partial charge in [0.05, 0.1) is 5.69 Å². The summed E-state index contributed by atoms with van der Waals surface area (Å²) in [5.41, 5.74) is 7.26. The molecule has 1 aliphatic heterocycles. The van der Waals surface area contributed by atoms with Crippen LogP contribution in [0.4, 0.5) is 22.4 Å². The number of carbonyl (C=O) groups excluding carboxylic acids is 1. The maximum atomic E-state index is 13.0. The van der Waals surface area contributed by atoms with Crippen LogP contribution in [0.1, 0.15) is 56.7 Å². The number of hydrogen-bond donors (Lipinski definition) is 2. The van der Waals surface area contributed by atoms with Crippen LogP contribution in [-0.2, 0) is 6.61 Å². The summed E-state index contributed by atoms with van der Waals surface area (Å²) in [6.07, 6.45) is 3.34. The van der Waals surface area contributed by atoms with Crippen molar-refractivity contribution in [3.8, 4) is 5.75 Å². The molecule has 0 bridgehead atoms. The van der Waals surface area contributed by atoms with Gasteiger partial charge in [-0.1, -0.05) is 27.7 Å². The lowest BCUT2D eigenvalue weighted by Gasteiger charge is -2.35. The van der Waals surface area contributed by atoms with E-state index >= 15 is 0 Å². The Kier molecular flexibility index (Phi) is 7.77. The van der Waals surface area contributed by atoms with Crippen LogP contribution in [0, 0.1) is 0 Å². The zero-order chi connectivity index (χ0) is 25.7. The zero-order valence-electron chi connectivity index (χ0n) is 21.2. The van der Waals surface area contributed by atoms with Crippen molar-refractivity contribution in [3.05, 3.63) is 53.9 Å². The minimum absolute atomic E-state index is 0.170. The van der Waals surface area contributed by atoms with Crippen LogP contribution in [0.5, 0.6) is 5.75 Å². The minimum atomic E-state index is -0.170. The SMILES string of the molecule is CC(C)c1cc(NC(=O)N2CCN(c3ncccc3OCc3ccnc(N)n3)CC2)nc(C(C)C)n1. The van der Waals surface area contributed by atoms with Gasteiger partial charge in [0.15, 0.2) is 11.6 Å². The first-order chi connectivity index (χ1) is 17.3. The highest BCUT2D eigenvalue weighted by Crippen LogP contribution is 2.27. The first kappa shape index (κ1) is 25.1. The molecule has 1 aliphatic rings. The highest BCUT2D eigenvalue weighted by atomic mass is 16.5. The number of carbonyl (C=O) groups is 1. The van der Waals surface area contributed by atoms with Crippen LogP contribution >= 0.6 is 0 Å². The Hall–Kier alpha value is -4.02. The predicted molar refractivity (Wildman–Crippen MR) is 138 cm³/mol. The standard InChI is InChI=1S/C25H33N9O2/c1-16(2)19-14-21(31-22(30-19)17(3)4)32-25(35)34-12-10-33(11-13-34)23-20(6-5-8-27-23)36-15-18-7-9-28-24(26)29-18/h5-9,14,16-17H,10-13,15H2,1-4H3,(H2,26,28,29)(H,30,31,32,35). The van der Waals surface area contributed by atoms with Crippen molar-refractivity contribution in [2.45, 2.75) is 46.1 Å². The van der Waals surface area contributed by atoms with Gasteiger partial charge in [-0.05, 0) is 24.1 Å². The number of urea groups is 1. The minimum Gasteiger partial charge on any atom is -0.483 e. The van der Waals surface area contributed by atoms with Gasteiger partial charge >= 0.3 is 6.03 Å². The van der Waals surface area contributed by atoms with Crippen LogP contribution in [0.3, 0.4) is 0 Å². The second kappa shape index (κ2) is 11.1. The lowest BCUT2D eigenvalue weighted by atomic mass is 10.1. The monoisotopic (exact) mass is 491 g/mol. The van der Waals surface area contributed by atoms with E-state index in [9.17, 15) is 4.79 Å². The Bertz CT molecular complexity index is 1170. The van der Waals surface area contributed by atoms with Crippen LogP contribution in [0.15, 0.2) is 36.7 Å². The maximum Gasteiger partial charge on any atom is 0.323 e. The van der Waals surface area contributed by atoms with Gasteiger partial charge in [0, 0.05) is 56.3 Å². The fourth-order valence-electron chi connectivity index (χ4n) is 3.79. The second-order valence-electron chi connectivity index (χ2n) is 9.27. The van der Waals surface area contributed by atoms with Gasteiger partial charge in [0.1, 0.15) is 18.2 Å². The van der Waals surface area contributed by atoms with Gasteiger partial charge in [-0.15, -0.1) is 0 Å². The molecule has 4 heterocycles. The molecule has 0 atom stereocenters. The molecule has 2 amide bonds. The predicted octanol–water partition coefficient (Wildman–Crippen LogP) is 3.42. The summed E-state index contributed by atoms with van der Waals surface area (Å²) in [5.74, 6) is 3.27. The normalized spacial score (nSPS) is 13.8. The summed E-state index contributed by atoms with van der Waals surface area (Å²) < 4.78 is 5.99. The lowest BCUT2D eigenvalue weighted by Crippen LogP contribution is -2.50. The highest BCUT2D eigenvalue weighted by molar-refractivity contribution is 5.88. The van der Waals surface area contributed by atoms with E-state index in [0.717, 1.165) is 17.3 Å². The van der Waals surface area contributed by atoms with Gasteiger partial charge in [0.2, 0.25) is 5.95 Å². The van der Waals surface area contributed by atoms with Gasteiger partial charge < -0.3 is 20.3 Å². The third-order valence-electron chi connectivity index (χ3n) is 5.83. The van der Waals surface area contributed by atoms with Crippen LogP contribution < -0.4 is 20.7 Å². The number of amides is 2. The quantitative estimate of drug-likeness (QED) is 0.509. The van der Waals surface area contributed by atoms with Crippen molar-refractivity contribution < 1.29 is 9.53 Å². The number of anilines is 3. The molecule has 36 heavy (non-hydrogen) atoms. The molecule has 11 nitrogen and oxygen atoms in total. The number of aromatic nitrogens is 5. The first-order valence-corrected chi connectivity index (χ1v) is 12.1. The van der Waals surface area contributed by atoms with Crippen LogP contribution in [0.25, 0.3) is 0 Å². The Morgan fingerprint density at radius 1 is 1.03 bits per heavy atom. The summed E-state index contributed by atoms with van der Waals surface area (Å²) in [7, 11) is 0. The van der Waals surface area contributed by atoms with Gasteiger partial charge in [-0.2, -0.15) is 0 Å². The van der Waals surface area contributed by atoms with Gasteiger partial charge in [-0.25, -0.2) is 29.7 Å². The average molecular weight is 492 g/mol. The number of nitrogen functional groups attached to an aromatic ring is 1. The fraction of sp³-hybridized carbons (Fsp3) is 0.440. The molecule has 1 fully saturated rings. The van der Waals surface area contributed by atoms with Crippen molar-refractivity contribution in [2.24, 2.45) is 0 Å². The second-order valence-corrected chi connectivity index (χ2v) is 9.27. The van der Waals surface area contributed by atoms with E-state index < -0.39 is 0 Å². The molecule has 0 aliphatic carbocycles. The molecule has 3 aromatic rings. The maximum absolute atomic E-state index is 13.0. The molecule has 4 rings (SSSR count). The number of pyridine rings is 1. The number of nitrogens with zero attached hydrogens (tertiary/aromatic N) is 7. The Balaban J connectivity index is 1.38. The Labute approximate surface area is 211 Å². The molecular weight excluding hydrogens is 458 g/mol. The number of hydrogen-bond acceptors (Lipinski definition) is 9. The van der Waals surface area contributed by atoms with Crippen molar-refractivity contribution in [1.82, 2.24) is 29.8 Å². The number of rotatable bonds is 7. The molecule has 1 saturated heterocycles. The number of ether oxygens (including phenoxy) is 1. The molecule has 0 radical (unpaired) electrons. The highest BCUT2D eigenvalue weighted by Gasteiger charge is 2.24. The smallest absolute Gasteiger partial charge is 0.323 e. The number of nitrogens with one attached hydrogen (secondary N) is 1. The van der Waals surface area contributed by atoms with Crippen LogP contribution in [-0.4, -0.2) is 62.0 Å². The Morgan fingerprint density at radius 2 is 1.81 bits per heavy atom. The third kappa shape index (κ3) is 6.15. The van der Waals surface area contributed by atoms with Gasteiger partial charge in [-0.3, -0.25) is 5.32 Å². The molecule has 0 unspecified atom stereocenters. The molecule has 11 heteroatoms. The van der Waals surface area contributed by atoms with Crippen LogP contribution in [0.2, 0.25) is 0 Å². The van der Waals surface area contributed by atoms with E-state index in [4.69, 9.17) is 10.5 Å². The van der Waals surface area contributed by atoms with E-state index in [1.807, 2.05) is 32.0 Å². The molecule has 3 N–H and O–H groups in total. The first-order valence-electron chi connectivity index (χ1n) is 12.1. The molecule has 0 aromatic carbocycles. The van der Waals surface area contributed by atoms with E-state index in [0.29, 0.717) is 43.4 Å². The van der Waals surface area contributed by atoms with E-state index in [2.05, 4.69) is 49.0 Å². The molecule has 3 aromatic heterocycles. The number of nitrogens with two attached hydrogens (primary N) is 1. The average Bonchev–Trinajstić information content (AvgIpc) is 2.87. The molecule has 0 spiro atoms. The fourth-order valence-corrected chi connectivity index (χ4v) is 3.79. The van der Waals surface area contributed by atoms with Crippen molar-refractivity contribution in [2.75, 3.05) is 42.1 Å². The topological polar surface area (TPSA) is 135 Å². The van der Waals surface area contributed by atoms with E-state index in [-0.39, 0.29) is 30.4 Å². The molecular formula is C25H33N9O2. The molecule has 0 saturated carbocycles. The molecule has 190 valence electrons. The Morgan fingerprint density at radius 3 is 2.50 bits per heavy atom. The third-order valence-corrected chi connectivity index (χ3v) is 5.83. The summed E-state index contributed by atoms with van der Waals surface area (Å²) in [5, 5.41) is 2.97. The zero-order valence-corrected chi connectivity index (χ0v) is 21.2. The summed E-state index contributed by atoms with van der Waals surface area (Å²) >= 11 is 0. The number of piperazine rings is 1. The summed E-state index contributed by atoms with van der Waals surface area (Å²) in [6.45, 7) is 10.8. The van der Waals surface area contributed by atoms with E-state index in [1.165, 1.54) is 0 Å². The van der Waals surface area contributed by atoms with Crippen molar-refractivity contribution >= 4 is 23.6 Å². The van der Waals surface area contributed by atoms with Crippen molar-refractivity contribution in [3.63, 3.8) is 0 Å². The summed E-state index contributed by atoms with van der Waals surface area (Å²) in [4.78, 5) is 38.7. The van der Waals surface area contributed by atoms with Crippen molar-refractivity contribution in [1.29, 1.82) is 0 Å². The summed E-state index contributed by atoms with van der Waals surface area (Å²) in [6, 6.07) is 7.15.